The van der Waals surface area contributed by atoms with Crippen molar-refractivity contribution in [2.24, 2.45) is 0 Å². The molecule has 0 fully saturated rings. The minimum absolute atomic E-state index is 0.160. The van der Waals surface area contributed by atoms with E-state index in [1.165, 1.54) is 30.2 Å². The maximum atomic E-state index is 12.5. The van der Waals surface area contributed by atoms with E-state index in [9.17, 15) is 9.59 Å². The Morgan fingerprint density at radius 1 is 1.17 bits per heavy atom. The van der Waals surface area contributed by atoms with E-state index >= 15 is 0 Å². The molecule has 4 rings (SSSR count). The maximum Gasteiger partial charge on any atom is 0.341 e. The van der Waals surface area contributed by atoms with Crippen molar-refractivity contribution in [2.45, 2.75) is 25.4 Å². The number of carbonyl (C=O) groups is 2. The first-order valence-electron chi connectivity index (χ1n) is 9.33. The van der Waals surface area contributed by atoms with Gasteiger partial charge in [-0.2, -0.15) is 0 Å². The summed E-state index contributed by atoms with van der Waals surface area (Å²) in [5, 5.41) is 13.7. The number of hydrogen-bond donors (Lipinski definition) is 1. The standard InChI is InChI=1S/C21H20N4O3S2/c1-12-13(2)30-19(18(12)20(27)28-3)22-17(26)10-11-29-21-24-23-16-9-8-14-6-4-5-7-15(14)25(16)21/h4-9H,10-11H2,1-3H3,(H,22,26). The molecule has 154 valence electrons. The van der Waals surface area contributed by atoms with Gasteiger partial charge in [0.2, 0.25) is 5.91 Å². The Balaban J connectivity index is 1.46. The van der Waals surface area contributed by atoms with Crippen LogP contribution in [0.5, 0.6) is 0 Å². The average Bonchev–Trinajstić information content (AvgIpc) is 3.28. The van der Waals surface area contributed by atoms with Gasteiger partial charge in [-0.15, -0.1) is 21.5 Å². The summed E-state index contributed by atoms with van der Waals surface area (Å²) in [5.41, 5.74) is 3.06. The Kier molecular flexibility index (Phi) is 5.74. The van der Waals surface area contributed by atoms with Crippen LogP contribution in [0, 0.1) is 13.8 Å². The minimum Gasteiger partial charge on any atom is -0.465 e. The highest BCUT2D eigenvalue weighted by Crippen LogP contribution is 2.33. The predicted octanol–water partition coefficient (Wildman–Crippen LogP) is 4.47. The second kappa shape index (κ2) is 8.45. The fourth-order valence-electron chi connectivity index (χ4n) is 3.19. The zero-order chi connectivity index (χ0) is 21.3. The van der Waals surface area contributed by atoms with Crippen LogP contribution in [0.4, 0.5) is 5.00 Å². The molecule has 3 heterocycles. The number of amides is 1. The van der Waals surface area contributed by atoms with E-state index in [4.69, 9.17) is 4.74 Å². The van der Waals surface area contributed by atoms with Crippen LogP contribution in [0.1, 0.15) is 27.2 Å². The maximum absolute atomic E-state index is 12.5. The number of benzene rings is 1. The Morgan fingerprint density at radius 2 is 1.97 bits per heavy atom. The molecule has 9 heteroatoms. The lowest BCUT2D eigenvalue weighted by molar-refractivity contribution is -0.115. The number of hydrogen-bond acceptors (Lipinski definition) is 7. The van der Waals surface area contributed by atoms with Crippen molar-refractivity contribution >= 4 is 56.5 Å². The van der Waals surface area contributed by atoms with Crippen molar-refractivity contribution in [3.8, 4) is 0 Å². The van der Waals surface area contributed by atoms with Crippen LogP contribution < -0.4 is 5.32 Å². The van der Waals surface area contributed by atoms with Crippen LogP contribution in [-0.4, -0.2) is 39.3 Å². The monoisotopic (exact) mass is 440 g/mol. The molecule has 0 saturated carbocycles. The number of para-hydroxylation sites is 1. The summed E-state index contributed by atoms with van der Waals surface area (Å²) in [5.74, 6) is -0.0665. The number of rotatable bonds is 6. The zero-order valence-electron chi connectivity index (χ0n) is 16.8. The molecule has 0 radical (unpaired) electrons. The number of thiophene rings is 1. The predicted molar refractivity (Wildman–Crippen MR) is 120 cm³/mol. The Bertz CT molecular complexity index is 1260. The second-order valence-corrected chi connectivity index (χ2v) is 8.98. The third-order valence-electron chi connectivity index (χ3n) is 4.84. The summed E-state index contributed by atoms with van der Waals surface area (Å²) in [6.45, 7) is 3.77. The van der Waals surface area contributed by atoms with Gasteiger partial charge in [0.1, 0.15) is 5.00 Å². The highest BCUT2D eigenvalue weighted by Gasteiger charge is 2.21. The number of aryl methyl sites for hydroxylation is 1. The number of fused-ring (bicyclic) bond motifs is 3. The molecular formula is C21H20N4O3S2. The van der Waals surface area contributed by atoms with Crippen LogP contribution in [0.2, 0.25) is 0 Å². The lowest BCUT2D eigenvalue weighted by Gasteiger charge is -2.06. The second-order valence-electron chi connectivity index (χ2n) is 6.69. The van der Waals surface area contributed by atoms with E-state index in [1.807, 2.05) is 54.6 Å². The van der Waals surface area contributed by atoms with Gasteiger partial charge in [-0.3, -0.25) is 9.20 Å². The number of ether oxygens (including phenoxy) is 1. The SMILES string of the molecule is COC(=O)c1c(NC(=O)CCSc2nnc3ccc4ccccc4n23)sc(C)c1C. The largest absolute Gasteiger partial charge is 0.465 e. The van der Waals surface area contributed by atoms with Gasteiger partial charge in [0.25, 0.3) is 0 Å². The molecule has 0 bridgehead atoms. The number of nitrogens with zero attached hydrogens (tertiary/aromatic N) is 3. The summed E-state index contributed by atoms with van der Waals surface area (Å²) in [6, 6.07) is 12.0. The normalized spacial score (nSPS) is 11.2. The molecule has 0 aliphatic heterocycles. The zero-order valence-corrected chi connectivity index (χ0v) is 18.4. The highest BCUT2D eigenvalue weighted by molar-refractivity contribution is 7.99. The molecule has 0 aliphatic carbocycles. The number of methoxy groups -OCH3 is 1. The number of anilines is 1. The molecule has 0 atom stereocenters. The summed E-state index contributed by atoms with van der Waals surface area (Å²) in [6.07, 6.45) is 0.279. The van der Waals surface area contributed by atoms with E-state index in [2.05, 4.69) is 15.5 Å². The number of carbonyl (C=O) groups excluding carboxylic acids is 2. The lowest BCUT2D eigenvalue weighted by atomic mass is 10.1. The minimum atomic E-state index is -0.441. The number of aromatic nitrogens is 3. The average molecular weight is 441 g/mol. The van der Waals surface area contributed by atoms with Crippen molar-refractivity contribution in [3.05, 3.63) is 52.4 Å². The van der Waals surface area contributed by atoms with Crippen molar-refractivity contribution in [3.63, 3.8) is 0 Å². The first kappa shape index (κ1) is 20.4. The molecule has 30 heavy (non-hydrogen) atoms. The van der Waals surface area contributed by atoms with Gasteiger partial charge in [-0.25, -0.2) is 4.79 Å². The number of thioether (sulfide) groups is 1. The highest BCUT2D eigenvalue weighted by atomic mass is 32.2. The fourth-order valence-corrected chi connectivity index (χ4v) is 5.15. The first-order valence-corrected chi connectivity index (χ1v) is 11.1. The summed E-state index contributed by atoms with van der Waals surface area (Å²) in [4.78, 5) is 25.5. The molecule has 0 unspecified atom stereocenters. The Hall–Kier alpha value is -2.91. The molecule has 1 aromatic carbocycles. The van der Waals surface area contributed by atoms with Crippen molar-refractivity contribution in [1.82, 2.24) is 14.6 Å². The molecule has 0 saturated heterocycles. The number of pyridine rings is 1. The van der Waals surface area contributed by atoms with E-state index in [0.717, 1.165) is 32.1 Å². The smallest absolute Gasteiger partial charge is 0.341 e. The summed E-state index contributed by atoms with van der Waals surface area (Å²) < 4.78 is 6.85. The van der Waals surface area contributed by atoms with Gasteiger partial charge >= 0.3 is 5.97 Å². The lowest BCUT2D eigenvalue weighted by Crippen LogP contribution is -2.14. The first-order chi connectivity index (χ1) is 14.5. The Morgan fingerprint density at radius 3 is 2.77 bits per heavy atom. The van der Waals surface area contributed by atoms with Gasteiger partial charge in [-0.05, 0) is 43.0 Å². The van der Waals surface area contributed by atoms with Crippen molar-refractivity contribution in [2.75, 3.05) is 18.2 Å². The van der Waals surface area contributed by atoms with Crippen LogP contribution in [0.25, 0.3) is 16.6 Å². The third kappa shape index (κ3) is 3.78. The van der Waals surface area contributed by atoms with E-state index in [-0.39, 0.29) is 12.3 Å². The topological polar surface area (TPSA) is 85.6 Å². The van der Waals surface area contributed by atoms with Crippen molar-refractivity contribution in [1.29, 1.82) is 0 Å². The summed E-state index contributed by atoms with van der Waals surface area (Å²) >= 11 is 2.86. The third-order valence-corrected chi connectivity index (χ3v) is 6.89. The number of nitrogens with one attached hydrogen (secondary N) is 1. The van der Waals surface area contributed by atoms with Crippen LogP contribution in [0.15, 0.2) is 41.6 Å². The van der Waals surface area contributed by atoms with Gasteiger partial charge in [0, 0.05) is 17.1 Å². The van der Waals surface area contributed by atoms with E-state index in [0.29, 0.717) is 16.3 Å². The molecule has 0 spiro atoms. The van der Waals surface area contributed by atoms with Crippen LogP contribution >= 0.6 is 23.1 Å². The molecule has 0 aliphatic rings. The quantitative estimate of drug-likeness (QED) is 0.352. The van der Waals surface area contributed by atoms with Crippen molar-refractivity contribution < 1.29 is 14.3 Å². The van der Waals surface area contributed by atoms with E-state index in [1.54, 1.807) is 0 Å². The van der Waals surface area contributed by atoms with Crippen LogP contribution in [0.3, 0.4) is 0 Å². The molecule has 1 N–H and O–H groups in total. The van der Waals surface area contributed by atoms with Gasteiger partial charge in [-0.1, -0.05) is 30.0 Å². The molecule has 1 amide bonds. The van der Waals surface area contributed by atoms with E-state index < -0.39 is 5.97 Å². The molecule has 4 aromatic rings. The van der Waals surface area contributed by atoms with Gasteiger partial charge in [0.15, 0.2) is 10.8 Å². The van der Waals surface area contributed by atoms with Gasteiger partial charge in [0.05, 0.1) is 18.2 Å². The summed E-state index contributed by atoms with van der Waals surface area (Å²) in [7, 11) is 1.34. The van der Waals surface area contributed by atoms with Gasteiger partial charge < -0.3 is 10.1 Å². The Labute approximate surface area is 181 Å². The fraction of sp³-hybridized carbons (Fsp3) is 0.238. The number of esters is 1. The molecule has 3 aromatic heterocycles. The molecular weight excluding hydrogens is 420 g/mol. The van der Waals surface area contributed by atoms with Crippen LogP contribution in [-0.2, 0) is 9.53 Å². The molecule has 7 nitrogen and oxygen atoms in total.